The maximum absolute atomic E-state index is 12.2. The van der Waals surface area contributed by atoms with Crippen LogP contribution in [0.15, 0.2) is 24.3 Å². The van der Waals surface area contributed by atoms with Crippen molar-refractivity contribution in [2.24, 2.45) is 0 Å². The van der Waals surface area contributed by atoms with Crippen LogP contribution >= 0.6 is 11.8 Å². The molecule has 0 radical (unpaired) electrons. The Balaban J connectivity index is 1.88. The van der Waals surface area contributed by atoms with Gasteiger partial charge in [-0.2, -0.15) is 11.8 Å². The van der Waals surface area contributed by atoms with E-state index in [0.29, 0.717) is 0 Å². The van der Waals surface area contributed by atoms with Crippen molar-refractivity contribution in [3.8, 4) is 0 Å². The van der Waals surface area contributed by atoms with Gasteiger partial charge in [0.2, 0.25) is 5.91 Å². The molecule has 104 valence electrons. The van der Waals surface area contributed by atoms with Crippen LogP contribution in [0.4, 0.5) is 0 Å². The normalized spacial score (nSPS) is 19.6. The van der Waals surface area contributed by atoms with Crippen molar-refractivity contribution in [1.29, 1.82) is 0 Å². The lowest BCUT2D eigenvalue weighted by molar-refractivity contribution is -0.123. The predicted molar refractivity (Wildman–Crippen MR) is 81.4 cm³/mol. The monoisotopic (exact) mass is 278 g/mol. The third-order valence-electron chi connectivity index (χ3n) is 3.36. The van der Waals surface area contributed by atoms with Crippen LogP contribution in [0.3, 0.4) is 0 Å². The van der Waals surface area contributed by atoms with Crippen LogP contribution in [0.2, 0.25) is 0 Å². The molecule has 1 aliphatic heterocycles. The van der Waals surface area contributed by atoms with Gasteiger partial charge in [0, 0.05) is 18.3 Å². The first-order valence-electron chi connectivity index (χ1n) is 6.89. The van der Waals surface area contributed by atoms with E-state index < -0.39 is 0 Å². The van der Waals surface area contributed by atoms with Gasteiger partial charge in [0.15, 0.2) is 0 Å². The molecule has 0 aliphatic carbocycles. The van der Waals surface area contributed by atoms with Crippen LogP contribution in [-0.4, -0.2) is 29.5 Å². The highest BCUT2D eigenvalue weighted by molar-refractivity contribution is 7.99. The summed E-state index contributed by atoms with van der Waals surface area (Å²) in [6, 6.07) is 8.47. The van der Waals surface area contributed by atoms with Gasteiger partial charge in [-0.05, 0) is 30.2 Å². The van der Waals surface area contributed by atoms with Crippen molar-refractivity contribution in [3.05, 3.63) is 35.4 Å². The Labute approximate surface area is 119 Å². The molecule has 0 saturated heterocycles. The SMILES string of the molecule is CCSCC(C)NC(=O)C1Cc2ccccc2CN1. The minimum atomic E-state index is -0.0935. The lowest BCUT2D eigenvalue weighted by Crippen LogP contribution is -2.50. The number of rotatable bonds is 5. The quantitative estimate of drug-likeness (QED) is 0.865. The Morgan fingerprint density at radius 2 is 2.21 bits per heavy atom. The largest absolute Gasteiger partial charge is 0.351 e. The molecule has 1 amide bonds. The van der Waals surface area contributed by atoms with E-state index >= 15 is 0 Å². The summed E-state index contributed by atoms with van der Waals surface area (Å²) in [7, 11) is 0. The second kappa shape index (κ2) is 6.96. The van der Waals surface area contributed by atoms with E-state index in [1.54, 1.807) is 0 Å². The van der Waals surface area contributed by atoms with Crippen LogP contribution in [0.1, 0.15) is 25.0 Å². The molecular formula is C15H22N2OS. The number of fused-ring (bicyclic) bond motifs is 1. The van der Waals surface area contributed by atoms with Crippen molar-refractivity contribution in [3.63, 3.8) is 0 Å². The summed E-state index contributed by atoms with van der Waals surface area (Å²) in [6.45, 7) is 4.99. The minimum absolute atomic E-state index is 0.0935. The Bertz CT molecular complexity index is 436. The summed E-state index contributed by atoms with van der Waals surface area (Å²) in [5.41, 5.74) is 2.60. The topological polar surface area (TPSA) is 41.1 Å². The molecule has 0 saturated carbocycles. The van der Waals surface area contributed by atoms with E-state index in [4.69, 9.17) is 0 Å². The average Bonchev–Trinajstić information content (AvgIpc) is 2.44. The highest BCUT2D eigenvalue weighted by Crippen LogP contribution is 2.16. The summed E-state index contributed by atoms with van der Waals surface area (Å²) in [5.74, 6) is 2.19. The smallest absolute Gasteiger partial charge is 0.237 e. The number of nitrogens with one attached hydrogen (secondary N) is 2. The average molecular weight is 278 g/mol. The summed E-state index contributed by atoms with van der Waals surface area (Å²) < 4.78 is 0. The second-order valence-corrected chi connectivity index (χ2v) is 6.29. The van der Waals surface area contributed by atoms with Crippen molar-refractivity contribution >= 4 is 17.7 Å². The molecule has 0 fully saturated rings. The Morgan fingerprint density at radius 3 is 2.95 bits per heavy atom. The fourth-order valence-electron chi connectivity index (χ4n) is 2.32. The number of thioether (sulfide) groups is 1. The Hall–Kier alpha value is -1.00. The summed E-state index contributed by atoms with van der Waals surface area (Å²) in [5, 5.41) is 6.41. The molecule has 0 bridgehead atoms. The van der Waals surface area contributed by atoms with Gasteiger partial charge in [-0.25, -0.2) is 0 Å². The van der Waals surface area contributed by atoms with Gasteiger partial charge in [0.1, 0.15) is 0 Å². The molecule has 1 aliphatic rings. The van der Waals surface area contributed by atoms with E-state index in [1.165, 1.54) is 11.1 Å². The van der Waals surface area contributed by atoms with Gasteiger partial charge in [0.05, 0.1) is 6.04 Å². The van der Waals surface area contributed by atoms with E-state index in [2.05, 4.69) is 36.6 Å². The van der Waals surface area contributed by atoms with Crippen LogP contribution in [0.25, 0.3) is 0 Å². The minimum Gasteiger partial charge on any atom is -0.351 e. The molecule has 1 aromatic rings. The molecule has 19 heavy (non-hydrogen) atoms. The highest BCUT2D eigenvalue weighted by atomic mass is 32.2. The van der Waals surface area contributed by atoms with E-state index in [9.17, 15) is 4.79 Å². The number of carbonyl (C=O) groups excluding carboxylic acids is 1. The van der Waals surface area contributed by atoms with Crippen molar-refractivity contribution < 1.29 is 4.79 Å². The molecule has 2 atom stereocenters. The zero-order valence-electron chi connectivity index (χ0n) is 11.6. The molecule has 2 unspecified atom stereocenters. The van der Waals surface area contributed by atoms with Gasteiger partial charge in [-0.15, -0.1) is 0 Å². The van der Waals surface area contributed by atoms with E-state index in [0.717, 1.165) is 24.5 Å². The summed E-state index contributed by atoms with van der Waals surface area (Å²) in [4.78, 5) is 12.2. The van der Waals surface area contributed by atoms with Crippen LogP contribution in [0.5, 0.6) is 0 Å². The molecule has 2 N–H and O–H groups in total. The van der Waals surface area contributed by atoms with Crippen LogP contribution in [0, 0.1) is 0 Å². The molecule has 3 nitrogen and oxygen atoms in total. The molecule has 0 spiro atoms. The number of amides is 1. The summed E-state index contributed by atoms with van der Waals surface area (Å²) in [6.07, 6.45) is 0.787. The first-order chi connectivity index (χ1) is 9.20. The molecule has 1 heterocycles. The third-order valence-corrected chi connectivity index (χ3v) is 4.50. The number of carbonyl (C=O) groups is 1. The van der Waals surface area contributed by atoms with Gasteiger partial charge < -0.3 is 10.6 Å². The van der Waals surface area contributed by atoms with Crippen molar-refractivity contribution in [2.75, 3.05) is 11.5 Å². The molecular weight excluding hydrogens is 256 g/mol. The molecule has 4 heteroatoms. The fourth-order valence-corrected chi connectivity index (χ4v) is 2.99. The van der Waals surface area contributed by atoms with Gasteiger partial charge >= 0.3 is 0 Å². The number of hydrogen-bond donors (Lipinski definition) is 2. The van der Waals surface area contributed by atoms with Crippen LogP contribution < -0.4 is 10.6 Å². The molecule has 2 rings (SSSR count). The Morgan fingerprint density at radius 1 is 1.47 bits per heavy atom. The zero-order valence-corrected chi connectivity index (χ0v) is 12.4. The summed E-state index contributed by atoms with van der Waals surface area (Å²) >= 11 is 1.86. The van der Waals surface area contributed by atoms with Crippen LogP contribution in [-0.2, 0) is 17.8 Å². The van der Waals surface area contributed by atoms with E-state index in [1.807, 2.05) is 23.9 Å². The van der Waals surface area contributed by atoms with Gasteiger partial charge in [0.25, 0.3) is 0 Å². The van der Waals surface area contributed by atoms with Crippen molar-refractivity contribution in [1.82, 2.24) is 10.6 Å². The first-order valence-corrected chi connectivity index (χ1v) is 8.04. The third kappa shape index (κ3) is 3.98. The zero-order chi connectivity index (χ0) is 13.7. The fraction of sp³-hybridized carbons (Fsp3) is 0.533. The highest BCUT2D eigenvalue weighted by Gasteiger charge is 2.24. The Kier molecular flexibility index (Phi) is 5.28. The number of benzene rings is 1. The molecule has 1 aromatic carbocycles. The lowest BCUT2D eigenvalue weighted by atomic mass is 9.95. The number of hydrogen-bond acceptors (Lipinski definition) is 3. The predicted octanol–water partition coefficient (Wildman–Crippen LogP) is 1.96. The van der Waals surface area contributed by atoms with Gasteiger partial charge in [-0.3, -0.25) is 4.79 Å². The lowest BCUT2D eigenvalue weighted by Gasteiger charge is -2.26. The van der Waals surface area contributed by atoms with E-state index in [-0.39, 0.29) is 18.0 Å². The standard InChI is InChI=1S/C15H22N2OS/c1-3-19-10-11(2)17-15(18)14-8-12-6-4-5-7-13(12)9-16-14/h4-7,11,14,16H,3,8-10H2,1-2H3,(H,17,18). The first kappa shape index (κ1) is 14.4. The van der Waals surface area contributed by atoms with Crippen molar-refractivity contribution in [2.45, 2.75) is 38.9 Å². The maximum atomic E-state index is 12.2. The van der Waals surface area contributed by atoms with Gasteiger partial charge in [-0.1, -0.05) is 31.2 Å². The second-order valence-electron chi connectivity index (χ2n) is 4.98. The molecule has 0 aromatic heterocycles. The maximum Gasteiger partial charge on any atom is 0.237 e.